The van der Waals surface area contributed by atoms with E-state index in [2.05, 4.69) is 6.92 Å². The van der Waals surface area contributed by atoms with Gasteiger partial charge in [0, 0.05) is 6.61 Å². The normalized spacial score (nSPS) is 13.6. The molecule has 0 heterocycles. The van der Waals surface area contributed by atoms with E-state index < -0.39 is 24.0 Å². The van der Waals surface area contributed by atoms with Crippen LogP contribution in [0.1, 0.15) is 72.1 Å². The van der Waals surface area contributed by atoms with E-state index in [9.17, 15) is 14.7 Å². The molecule has 0 saturated heterocycles. The lowest BCUT2D eigenvalue weighted by Gasteiger charge is -2.23. The number of carbonyl (C=O) groups is 2. The number of aliphatic carboxylic acids is 1. The van der Waals surface area contributed by atoms with Crippen LogP contribution in [-0.4, -0.2) is 36.4 Å². The van der Waals surface area contributed by atoms with Crippen molar-refractivity contribution in [2.24, 2.45) is 5.92 Å². The van der Waals surface area contributed by atoms with Crippen LogP contribution in [0.2, 0.25) is 0 Å². The third kappa shape index (κ3) is 9.03. The first kappa shape index (κ1) is 20.9. The van der Waals surface area contributed by atoms with Gasteiger partial charge in [-0.1, -0.05) is 52.9 Å². The molecular weight excluding hydrogens is 284 g/mol. The van der Waals surface area contributed by atoms with E-state index in [1.807, 2.05) is 13.8 Å². The minimum absolute atomic E-state index is 0.358. The molecule has 2 atom stereocenters. The molecule has 5 nitrogen and oxygen atoms in total. The molecule has 0 aliphatic rings. The minimum Gasteiger partial charge on any atom is -0.479 e. The number of carboxylic acid groups (broad SMARTS) is 1. The highest BCUT2D eigenvalue weighted by Gasteiger charge is 2.35. The topological polar surface area (TPSA) is 72.8 Å². The van der Waals surface area contributed by atoms with Crippen molar-refractivity contribution in [1.29, 1.82) is 0 Å². The van der Waals surface area contributed by atoms with Crippen molar-refractivity contribution in [1.82, 2.24) is 0 Å². The zero-order chi connectivity index (χ0) is 16.8. The molecule has 1 N–H and O–H groups in total. The fraction of sp³-hybridized carbons (Fsp3) is 0.882. The largest absolute Gasteiger partial charge is 0.479 e. The minimum atomic E-state index is -1.10. The Morgan fingerprint density at radius 2 is 1.55 bits per heavy atom. The average Bonchev–Trinajstić information content (AvgIpc) is 2.49. The first-order chi connectivity index (χ1) is 10.6. The molecule has 0 saturated carbocycles. The summed E-state index contributed by atoms with van der Waals surface area (Å²) in [7, 11) is 0. The molecule has 0 fully saturated rings. The summed E-state index contributed by atoms with van der Waals surface area (Å²) in [6.07, 6.45) is 5.66. The molecule has 0 amide bonds. The average molecular weight is 316 g/mol. The van der Waals surface area contributed by atoms with E-state index in [1.165, 1.54) is 0 Å². The Hall–Kier alpha value is -1.10. The van der Waals surface area contributed by atoms with E-state index in [-0.39, 0.29) is 0 Å². The van der Waals surface area contributed by atoms with Crippen LogP contribution in [0.15, 0.2) is 0 Å². The molecule has 0 bridgehead atoms. The fourth-order valence-corrected chi connectivity index (χ4v) is 2.16. The summed E-state index contributed by atoms with van der Waals surface area (Å²) in [6, 6.07) is 0. The van der Waals surface area contributed by atoms with Gasteiger partial charge in [0.1, 0.15) is 0 Å². The predicted molar refractivity (Wildman–Crippen MR) is 85.8 cm³/mol. The summed E-state index contributed by atoms with van der Waals surface area (Å²) >= 11 is 0. The van der Waals surface area contributed by atoms with Crippen molar-refractivity contribution in [2.75, 3.05) is 13.2 Å². The second-order valence-corrected chi connectivity index (χ2v) is 5.61. The van der Waals surface area contributed by atoms with Crippen molar-refractivity contribution in [3.05, 3.63) is 0 Å². The molecule has 5 heteroatoms. The maximum atomic E-state index is 12.2. The first-order valence-electron chi connectivity index (χ1n) is 8.59. The summed E-state index contributed by atoms with van der Waals surface area (Å²) in [5.74, 6) is -2.23. The Morgan fingerprint density at radius 1 is 0.909 bits per heavy atom. The van der Waals surface area contributed by atoms with Crippen LogP contribution in [0.5, 0.6) is 0 Å². The first-order valence-corrected chi connectivity index (χ1v) is 8.59. The van der Waals surface area contributed by atoms with Crippen LogP contribution < -0.4 is 0 Å². The van der Waals surface area contributed by atoms with Crippen molar-refractivity contribution in [2.45, 2.75) is 78.2 Å². The summed E-state index contributed by atoms with van der Waals surface area (Å²) in [5, 5.41) is 9.37. The number of ether oxygens (including phenoxy) is 2. The number of hydrogen-bond acceptors (Lipinski definition) is 4. The highest BCUT2D eigenvalue weighted by molar-refractivity contribution is 5.82. The zero-order valence-electron chi connectivity index (χ0n) is 14.3. The molecule has 0 rings (SSSR count). The zero-order valence-corrected chi connectivity index (χ0v) is 14.3. The van der Waals surface area contributed by atoms with Crippen LogP contribution in [0.3, 0.4) is 0 Å². The number of hydrogen-bond donors (Lipinski definition) is 1. The monoisotopic (exact) mass is 316 g/mol. The number of unbranched alkanes of at least 4 members (excludes halogenated alkanes) is 4. The van der Waals surface area contributed by atoms with Crippen molar-refractivity contribution in [3.63, 3.8) is 0 Å². The molecule has 0 spiro atoms. The van der Waals surface area contributed by atoms with Crippen LogP contribution in [0.25, 0.3) is 0 Å². The Kier molecular flexibility index (Phi) is 12.9. The molecule has 0 aromatic carbocycles. The fourth-order valence-electron chi connectivity index (χ4n) is 2.16. The quantitative estimate of drug-likeness (QED) is 0.390. The van der Waals surface area contributed by atoms with Crippen LogP contribution in [0.4, 0.5) is 0 Å². The van der Waals surface area contributed by atoms with Gasteiger partial charge >= 0.3 is 11.9 Å². The summed E-state index contributed by atoms with van der Waals surface area (Å²) in [5.41, 5.74) is 0. The standard InChI is InChI=1S/C17H32O5/c1-4-7-10-13-22-17(20)14(11-8-5-2)15(16(18)19)21-12-9-6-3/h14-15H,4-13H2,1-3H3,(H,18,19). The smallest absolute Gasteiger partial charge is 0.333 e. The summed E-state index contributed by atoms with van der Waals surface area (Å²) in [4.78, 5) is 23.7. The van der Waals surface area contributed by atoms with Gasteiger partial charge in [0.15, 0.2) is 6.10 Å². The van der Waals surface area contributed by atoms with Gasteiger partial charge in [-0.05, 0) is 19.3 Å². The highest BCUT2D eigenvalue weighted by Crippen LogP contribution is 2.19. The van der Waals surface area contributed by atoms with Crippen LogP contribution in [0, 0.1) is 5.92 Å². The second kappa shape index (κ2) is 13.6. The van der Waals surface area contributed by atoms with Crippen LogP contribution >= 0.6 is 0 Å². The molecule has 0 aromatic rings. The molecule has 0 aliphatic heterocycles. The van der Waals surface area contributed by atoms with E-state index in [1.54, 1.807) is 0 Å². The van der Waals surface area contributed by atoms with Gasteiger partial charge in [0.05, 0.1) is 12.5 Å². The van der Waals surface area contributed by atoms with E-state index in [0.717, 1.165) is 44.9 Å². The van der Waals surface area contributed by atoms with Crippen molar-refractivity contribution >= 4 is 11.9 Å². The van der Waals surface area contributed by atoms with Gasteiger partial charge in [-0.25, -0.2) is 4.79 Å². The Labute approximate surface area is 134 Å². The van der Waals surface area contributed by atoms with Gasteiger partial charge < -0.3 is 14.6 Å². The van der Waals surface area contributed by atoms with Crippen LogP contribution in [-0.2, 0) is 19.1 Å². The van der Waals surface area contributed by atoms with Crippen molar-refractivity contribution < 1.29 is 24.2 Å². The number of esters is 1. The Bertz CT molecular complexity index is 303. The van der Waals surface area contributed by atoms with Gasteiger partial charge in [-0.2, -0.15) is 0 Å². The Balaban J connectivity index is 4.64. The molecule has 0 aliphatic carbocycles. The molecular formula is C17H32O5. The van der Waals surface area contributed by atoms with E-state index >= 15 is 0 Å². The highest BCUT2D eigenvalue weighted by atomic mass is 16.5. The van der Waals surface area contributed by atoms with Gasteiger partial charge in [0.25, 0.3) is 0 Å². The third-order valence-corrected chi connectivity index (χ3v) is 3.57. The Morgan fingerprint density at radius 3 is 2.09 bits per heavy atom. The molecule has 0 aromatic heterocycles. The lowest BCUT2D eigenvalue weighted by atomic mass is 9.95. The van der Waals surface area contributed by atoms with E-state index in [4.69, 9.17) is 9.47 Å². The third-order valence-electron chi connectivity index (χ3n) is 3.57. The predicted octanol–water partition coefficient (Wildman–Crippen LogP) is 3.80. The summed E-state index contributed by atoms with van der Waals surface area (Å²) < 4.78 is 10.7. The van der Waals surface area contributed by atoms with Gasteiger partial charge in [-0.15, -0.1) is 0 Å². The number of carboxylic acids is 1. The molecule has 22 heavy (non-hydrogen) atoms. The maximum absolute atomic E-state index is 12.2. The SMILES string of the molecule is CCCCCOC(=O)C(CCCC)C(OCCCC)C(=O)O. The number of carbonyl (C=O) groups excluding carboxylic acids is 1. The number of rotatable bonds is 14. The lowest BCUT2D eigenvalue weighted by molar-refractivity contribution is -0.167. The summed E-state index contributed by atoms with van der Waals surface area (Å²) in [6.45, 7) is 6.82. The molecule has 2 unspecified atom stereocenters. The van der Waals surface area contributed by atoms with Crippen molar-refractivity contribution in [3.8, 4) is 0 Å². The molecule has 0 radical (unpaired) electrons. The lowest BCUT2D eigenvalue weighted by Crippen LogP contribution is -2.38. The van der Waals surface area contributed by atoms with Gasteiger partial charge in [-0.3, -0.25) is 4.79 Å². The maximum Gasteiger partial charge on any atom is 0.333 e. The molecule has 130 valence electrons. The van der Waals surface area contributed by atoms with E-state index in [0.29, 0.717) is 19.6 Å². The second-order valence-electron chi connectivity index (χ2n) is 5.61. The van der Waals surface area contributed by atoms with Gasteiger partial charge in [0.2, 0.25) is 0 Å².